The van der Waals surface area contributed by atoms with E-state index in [0.717, 1.165) is 6.07 Å². The van der Waals surface area contributed by atoms with Crippen LogP contribution in [0.15, 0.2) is 84.1 Å². The fourth-order valence-corrected chi connectivity index (χ4v) is 5.43. The van der Waals surface area contributed by atoms with Gasteiger partial charge in [0.25, 0.3) is 0 Å². The number of hydrogen-bond acceptors (Lipinski definition) is 6. The standard InChI is InChI=1S/C27H25F2N5O3S/c1-34-18-31-17-26(34)27(20-8-10-22(28)11-9-20,21-7-6-19(16-30)25(29)14-21)32-12-3-13-33-38(36,37)24-5-2-4-23(35)15-24/h2,4-11,14-15,17-18,32-33,35H,3,12-13H2,1H3. The lowest BCUT2D eigenvalue weighted by Gasteiger charge is -2.37. The van der Waals surface area contributed by atoms with Gasteiger partial charge in [-0.25, -0.2) is 26.9 Å². The van der Waals surface area contributed by atoms with E-state index in [9.17, 15) is 27.6 Å². The minimum Gasteiger partial charge on any atom is -0.508 e. The Bertz CT molecular complexity index is 1580. The first kappa shape index (κ1) is 26.9. The van der Waals surface area contributed by atoms with Gasteiger partial charge in [0.15, 0.2) is 0 Å². The predicted octanol–water partition coefficient (Wildman–Crippen LogP) is 3.53. The molecule has 0 saturated heterocycles. The molecule has 3 aromatic carbocycles. The number of aromatic hydroxyl groups is 1. The van der Waals surface area contributed by atoms with Gasteiger partial charge in [-0.1, -0.05) is 24.3 Å². The third kappa shape index (κ3) is 5.43. The number of halogens is 2. The molecule has 4 aromatic rings. The maximum absolute atomic E-state index is 14.8. The second-order valence-electron chi connectivity index (χ2n) is 8.63. The summed E-state index contributed by atoms with van der Waals surface area (Å²) >= 11 is 0. The van der Waals surface area contributed by atoms with Gasteiger partial charge >= 0.3 is 0 Å². The predicted molar refractivity (Wildman–Crippen MR) is 137 cm³/mol. The summed E-state index contributed by atoms with van der Waals surface area (Å²) < 4.78 is 58.1. The summed E-state index contributed by atoms with van der Waals surface area (Å²) in [6, 6.07) is 17.2. The highest BCUT2D eigenvalue weighted by molar-refractivity contribution is 7.89. The van der Waals surface area contributed by atoms with Gasteiger partial charge in [-0.2, -0.15) is 5.26 Å². The molecular weight excluding hydrogens is 512 g/mol. The molecule has 0 aliphatic rings. The van der Waals surface area contributed by atoms with Crippen LogP contribution in [0.25, 0.3) is 0 Å². The molecule has 0 amide bonds. The van der Waals surface area contributed by atoms with Crippen molar-refractivity contribution in [3.63, 3.8) is 0 Å². The van der Waals surface area contributed by atoms with Gasteiger partial charge in [-0.15, -0.1) is 0 Å². The zero-order valence-electron chi connectivity index (χ0n) is 20.4. The first-order valence-corrected chi connectivity index (χ1v) is 13.1. The van der Waals surface area contributed by atoms with Crippen molar-refractivity contribution >= 4 is 10.0 Å². The van der Waals surface area contributed by atoms with Crippen LogP contribution < -0.4 is 10.0 Å². The first-order valence-electron chi connectivity index (χ1n) is 11.6. The fourth-order valence-electron chi connectivity index (χ4n) is 4.32. The topological polar surface area (TPSA) is 120 Å². The third-order valence-electron chi connectivity index (χ3n) is 6.16. The molecule has 11 heteroatoms. The van der Waals surface area contributed by atoms with Crippen molar-refractivity contribution in [2.45, 2.75) is 16.9 Å². The Balaban J connectivity index is 1.66. The second kappa shape index (κ2) is 11.1. The average Bonchev–Trinajstić information content (AvgIpc) is 3.33. The zero-order chi connectivity index (χ0) is 27.3. The summed E-state index contributed by atoms with van der Waals surface area (Å²) in [5, 5.41) is 22.2. The molecule has 196 valence electrons. The highest BCUT2D eigenvalue weighted by atomic mass is 32.2. The average molecular weight is 538 g/mol. The lowest BCUT2D eigenvalue weighted by Crippen LogP contribution is -2.47. The molecule has 1 aromatic heterocycles. The summed E-state index contributed by atoms with van der Waals surface area (Å²) in [5.41, 5.74) is 0.330. The molecule has 3 N–H and O–H groups in total. The van der Waals surface area contributed by atoms with Crippen LogP contribution in [0, 0.1) is 23.0 Å². The van der Waals surface area contributed by atoms with Crippen molar-refractivity contribution in [3.05, 3.63) is 113 Å². The smallest absolute Gasteiger partial charge is 0.240 e. The number of sulfonamides is 1. The van der Waals surface area contributed by atoms with E-state index in [2.05, 4.69) is 15.0 Å². The number of benzene rings is 3. The van der Waals surface area contributed by atoms with Crippen molar-refractivity contribution in [2.24, 2.45) is 7.05 Å². The van der Waals surface area contributed by atoms with Crippen LogP contribution in [0.5, 0.6) is 5.75 Å². The molecule has 4 rings (SSSR count). The van der Waals surface area contributed by atoms with Crippen LogP contribution in [-0.4, -0.2) is 36.2 Å². The van der Waals surface area contributed by atoms with Gasteiger partial charge in [0.05, 0.1) is 28.7 Å². The maximum Gasteiger partial charge on any atom is 0.240 e. The summed E-state index contributed by atoms with van der Waals surface area (Å²) in [6.45, 7) is 0.324. The van der Waals surface area contributed by atoms with E-state index in [1.165, 1.54) is 42.5 Å². The van der Waals surface area contributed by atoms with E-state index in [0.29, 0.717) is 23.2 Å². The van der Waals surface area contributed by atoms with Crippen LogP contribution in [-0.2, 0) is 22.6 Å². The summed E-state index contributed by atoms with van der Waals surface area (Å²) in [7, 11) is -2.08. The Morgan fingerprint density at radius 1 is 1.05 bits per heavy atom. The molecule has 1 atom stereocenters. The number of phenols is 1. The lowest BCUT2D eigenvalue weighted by atomic mass is 9.79. The molecule has 0 fully saturated rings. The van der Waals surface area contributed by atoms with Gasteiger partial charge in [0.2, 0.25) is 10.0 Å². The van der Waals surface area contributed by atoms with Crippen molar-refractivity contribution < 1.29 is 22.3 Å². The summed E-state index contributed by atoms with van der Waals surface area (Å²) in [6.07, 6.45) is 3.52. The van der Waals surface area contributed by atoms with E-state index in [1.54, 1.807) is 42.3 Å². The lowest BCUT2D eigenvalue weighted by molar-refractivity contribution is 0.439. The van der Waals surface area contributed by atoms with E-state index in [-0.39, 0.29) is 29.3 Å². The Hall–Kier alpha value is -4.11. The number of aryl methyl sites for hydroxylation is 1. The van der Waals surface area contributed by atoms with Gasteiger partial charge in [0, 0.05) is 13.6 Å². The van der Waals surface area contributed by atoms with Crippen molar-refractivity contribution in [1.82, 2.24) is 19.6 Å². The van der Waals surface area contributed by atoms with Crippen LogP contribution in [0.4, 0.5) is 8.78 Å². The number of aromatic nitrogens is 2. The summed E-state index contributed by atoms with van der Waals surface area (Å²) in [4.78, 5) is 4.16. The van der Waals surface area contributed by atoms with E-state index >= 15 is 0 Å². The number of phenolic OH excluding ortho intramolecular Hbond substituents is 1. The number of hydrogen-bond donors (Lipinski definition) is 3. The number of nitrogens with zero attached hydrogens (tertiary/aromatic N) is 3. The zero-order valence-corrected chi connectivity index (χ0v) is 21.2. The molecule has 0 saturated carbocycles. The number of imidazole rings is 1. The van der Waals surface area contributed by atoms with Crippen molar-refractivity contribution in [1.29, 1.82) is 5.26 Å². The molecule has 0 bridgehead atoms. The van der Waals surface area contributed by atoms with Gasteiger partial charge < -0.3 is 9.67 Å². The Labute approximate surface area is 219 Å². The van der Waals surface area contributed by atoms with Gasteiger partial charge in [-0.05, 0) is 66.6 Å². The maximum atomic E-state index is 14.8. The van der Waals surface area contributed by atoms with E-state index in [1.807, 2.05) is 6.07 Å². The monoisotopic (exact) mass is 537 g/mol. The van der Waals surface area contributed by atoms with Crippen LogP contribution >= 0.6 is 0 Å². The van der Waals surface area contributed by atoms with Crippen LogP contribution in [0.2, 0.25) is 0 Å². The quantitative estimate of drug-likeness (QED) is 0.266. The minimum absolute atomic E-state index is 0.0611. The second-order valence-corrected chi connectivity index (χ2v) is 10.4. The SMILES string of the molecule is Cn1cncc1C(NCCCNS(=O)(=O)c1cccc(O)c1)(c1ccc(F)cc1)c1ccc(C#N)c(F)c1. The Morgan fingerprint density at radius 3 is 2.42 bits per heavy atom. The Kier molecular flexibility index (Phi) is 7.87. The molecule has 8 nitrogen and oxygen atoms in total. The molecule has 0 aliphatic heterocycles. The van der Waals surface area contributed by atoms with Crippen molar-refractivity contribution in [2.75, 3.05) is 13.1 Å². The molecule has 0 spiro atoms. The van der Waals surface area contributed by atoms with Gasteiger partial charge in [-0.3, -0.25) is 5.32 Å². The first-order chi connectivity index (χ1) is 18.2. The molecule has 38 heavy (non-hydrogen) atoms. The highest BCUT2D eigenvalue weighted by Gasteiger charge is 2.39. The number of nitriles is 1. The molecule has 0 radical (unpaired) electrons. The molecule has 1 heterocycles. The summed E-state index contributed by atoms with van der Waals surface area (Å²) in [5.74, 6) is -1.32. The molecular formula is C27H25F2N5O3S. The fraction of sp³-hybridized carbons (Fsp3) is 0.185. The molecule has 0 aliphatic carbocycles. The number of nitrogens with one attached hydrogen (secondary N) is 2. The van der Waals surface area contributed by atoms with Crippen LogP contribution in [0.1, 0.15) is 28.8 Å². The van der Waals surface area contributed by atoms with E-state index in [4.69, 9.17) is 0 Å². The van der Waals surface area contributed by atoms with Gasteiger partial charge in [0.1, 0.15) is 29.0 Å². The Morgan fingerprint density at radius 2 is 1.79 bits per heavy atom. The van der Waals surface area contributed by atoms with Crippen molar-refractivity contribution in [3.8, 4) is 11.8 Å². The minimum atomic E-state index is -3.84. The number of rotatable bonds is 10. The van der Waals surface area contributed by atoms with Crippen LogP contribution in [0.3, 0.4) is 0 Å². The normalized spacial score (nSPS) is 13.1. The largest absolute Gasteiger partial charge is 0.508 e. The highest BCUT2D eigenvalue weighted by Crippen LogP contribution is 2.37. The van der Waals surface area contributed by atoms with E-state index < -0.39 is 27.2 Å². The molecule has 1 unspecified atom stereocenters. The third-order valence-corrected chi connectivity index (χ3v) is 7.62.